The van der Waals surface area contributed by atoms with Gasteiger partial charge in [0.2, 0.25) is 0 Å². The lowest BCUT2D eigenvalue weighted by Gasteiger charge is -2.03. The number of hydrogen-bond acceptors (Lipinski definition) is 3. The van der Waals surface area contributed by atoms with Gasteiger partial charge >= 0.3 is 5.91 Å². The van der Waals surface area contributed by atoms with E-state index in [0.717, 1.165) is 13.0 Å². The predicted octanol–water partition coefficient (Wildman–Crippen LogP) is 1.11. The number of carbonyl (C=O) groups is 1. The van der Waals surface area contributed by atoms with Crippen LogP contribution in [0, 0.1) is 0 Å². The first-order valence-electron chi connectivity index (χ1n) is 5.30. The molecule has 1 rings (SSSR count). The second kappa shape index (κ2) is 6.40. The highest BCUT2D eigenvalue weighted by molar-refractivity contribution is 6.35. The zero-order chi connectivity index (χ0) is 10.2. The minimum atomic E-state index is -0.168. The second-order valence-electron chi connectivity index (χ2n) is 3.35. The van der Waals surface area contributed by atoms with Gasteiger partial charge in [-0.2, -0.15) is 0 Å². The van der Waals surface area contributed by atoms with Crippen molar-refractivity contribution in [2.24, 2.45) is 4.99 Å². The molecule has 0 bridgehead atoms. The Morgan fingerprint density at radius 2 is 2.36 bits per heavy atom. The molecule has 4 nitrogen and oxygen atoms in total. The van der Waals surface area contributed by atoms with E-state index >= 15 is 0 Å². The van der Waals surface area contributed by atoms with Crippen LogP contribution in [0.5, 0.6) is 0 Å². The van der Waals surface area contributed by atoms with Crippen LogP contribution >= 0.6 is 0 Å². The lowest BCUT2D eigenvalue weighted by atomic mass is 10.2. The molecule has 0 radical (unpaired) electrons. The van der Waals surface area contributed by atoms with Gasteiger partial charge in [-0.05, 0) is 6.42 Å². The lowest BCUT2D eigenvalue weighted by molar-refractivity contribution is -0.116. The average molecular weight is 198 g/mol. The van der Waals surface area contributed by atoms with Gasteiger partial charge in [0, 0.05) is 6.54 Å². The summed E-state index contributed by atoms with van der Waals surface area (Å²) in [7, 11) is 0. The van der Waals surface area contributed by atoms with Crippen LogP contribution in [-0.2, 0) is 9.53 Å². The van der Waals surface area contributed by atoms with Gasteiger partial charge in [0.05, 0.1) is 6.54 Å². The zero-order valence-corrected chi connectivity index (χ0v) is 8.71. The van der Waals surface area contributed by atoms with Gasteiger partial charge in [0.1, 0.15) is 6.61 Å². The SMILES string of the molecule is CCCCCCNC(=O)C1=NCCO1. The van der Waals surface area contributed by atoms with Crippen molar-refractivity contribution in [2.75, 3.05) is 19.7 Å². The van der Waals surface area contributed by atoms with Crippen LogP contribution in [0.15, 0.2) is 4.99 Å². The van der Waals surface area contributed by atoms with Crippen LogP contribution in [0.3, 0.4) is 0 Å². The van der Waals surface area contributed by atoms with Crippen molar-refractivity contribution in [3.05, 3.63) is 0 Å². The number of aliphatic imine (C=N–C) groups is 1. The molecular formula is C10H18N2O2. The Morgan fingerprint density at radius 1 is 1.50 bits per heavy atom. The van der Waals surface area contributed by atoms with Crippen molar-refractivity contribution in [1.29, 1.82) is 0 Å². The number of amides is 1. The first-order valence-corrected chi connectivity index (χ1v) is 5.30. The Kier molecular flexibility index (Phi) is 5.04. The average Bonchev–Trinajstić information content (AvgIpc) is 2.70. The van der Waals surface area contributed by atoms with E-state index in [9.17, 15) is 4.79 Å². The monoisotopic (exact) mass is 198 g/mol. The lowest BCUT2D eigenvalue weighted by Crippen LogP contribution is -2.31. The Balaban J connectivity index is 2.03. The molecule has 0 atom stereocenters. The van der Waals surface area contributed by atoms with Crippen molar-refractivity contribution >= 4 is 11.8 Å². The molecule has 0 aromatic heterocycles. The molecule has 1 heterocycles. The highest BCUT2D eigenvalue weighted by Gasteiger charge is 2.15. The van der Waals surface area contributed by atoms with E-state index in [1.807, 2.05) is 0 Å². The van der Waals surface area contributed by atoms with Crippen molar-refractivity contribution in [3.8, 4) is 0 Å². The van der Waals surface area contributed by atoms with E-state index in [0.29, 0.717) is 13.2 Å². The van der Waals surface area contributed by atoms with Crippen molar-refractivity contribution < 1.29 is 9.53 Å². The van der Waals surface area contributed by atoms with Gasteiger partial charge in [-0.1, -0.05) is 26.2 Å². The van der Waals surface area contributed by atoms with E-state index in [2.05, 4.69) is 17.2 Å². The summed E-state index contributed by atoms with van der Waals surface area (Å²) in [6.45, 7) is 4.04. The first kappa shape index (κ1) is 11.0. The van der Waals surface area contributed by atoms with Gasteiger partial charge < -0.3 is 10.1 Å². The normalized spacial score (nSPS) is 14.8. The summed E-state index contributed by atoms with van der Waals surface area (Å²) < 4.78 is 5.03. The maximum Gasteiger partial charge on any atom is 0.306 e. The molecule has 1 N–H and O–H groups in total. The Morgan fingerprint density at radius 3 is 3.00 bits per heavy atom. The molecule has 0 unspecified atom stereocenters. The molecule has 1 aliphatic rings. The molecule has 0 aliphatic carbocycles. The molecule has 14 heavy (non-hydrogen) atoms. The molecule has 0 saturated heterocycles. The number of nitrogens with zero attached hydrogens (tertiary/aromatic N) is 1. The summed E-state index contributed by atoms with van der Waals surface area (Å²) in [5.74, 6) is 0.0829. The molecule has 1 amide bonds. The van der Waals surface area contributed by atoms with Crippen LogP contribution in [0.2, 0.25) is 0 Å². The van der Waals surface area contributed by atoms with Crippen LogP contribution < -0.4 is 5.32 Å². The van der Waals surface area contributed by atoms with Crippen LogP contribution in [0.4, 0.5) is 0 Å². The van der Waals surface area contributed by atoms with E-state index in [1.165, 1.54) is 19.3 Å². The second-order valence-corrected chi connectivity index (χ2v) is 3.35. The van der Waals surface area contributed by atoms with E-state index in [4.69, 9.17) is 4.74 Å². The Bertz CT molecular complexity index is 214. The van der Waals surface area contributed by atoms with E-state index in [-0.39, 0.29) is 11.8 Å². The minimum absolute atomic E-state index is 0.168. The summed E-state index contributed by atoms with van der Waals surface area (Å²) in [6.07, 6.45) is 4.65. The van der Waals surface area contributed by atoms with Crippen molar-refractivity contribution in [1.82, 2.24) is 5.32 Å². The summed E-state index contributed by atoms with van der Waals surface area (Å²) in [5.41, 5.74) is 0. The molecular weight excluding hydrogens is 180 g/mol. The number of ether oxygens (including phenoxy) is 1. The number of unbranched alkanes of at least 4 members (excludes halogenated alkanes) is 3. The minimum Gasteiger partial charge on any atom is -0.472 e. The Hall–Kier alpha value is -1.06. The molecule has 4 heteroatoms. The smallest absolute Gasteiger partial charge is 0.306 e. The standard InChI is InChI=1S/C10H18N2O2/c1-2-3-4-5-6-11-9(13)10-12-7-8-14-10/h2-8H2,1H3,(H,11,13). The maximum atomic E-state index is 11.3. The maximum absolute atomic E-state index is 11.3. The zero-order valence-electron chi connectivity index (χ0n) is 8.71. The topological polar surface area (TPSA) is 50.7 Å². The fraction of sp³-hybridized carbons (Fsp3) is 0.800. The third-order valence-corrected chi connectivity index (χ3v) is 2.10. The van der Waals surface area contributed by atoms with Crippen LogP contribution in [0.25, 0.3) is 0 Å². The fourth-order valence-electron chi connectivity index (χ4n) is 1.30. The van der Waals surface area contributed by atoms with Crippen LogP contribution in [-0.4, -0.2) is 31.5 Å². The predicted molar refractivity (Wildman–Crippen MR) is 55.4 cm³/mol. The van der Waals surface area contributed by atoms with Crippen LogP contribution in [0.1, 0.15) is 32.6 Å². The van der Waals surface area contributed by atoms with E-state index < -0.39 is 0 Å². The number of hydrogen-bond donors (Lipinski definition) is 1. The summed E-state index contributed by atoms with van der Waals surface area (Å²) in [4.78, 5) is 15.2. The van der Waals surface area contributed by atoms with E-state index in [1.54, 1.807) is 0 Å². The van der Waals surface area contributed by atoms with Crippen molar-refractivity contribution in [2.45, 2.75) is 32.6 Å². The highest BCUT2D eigenvalue weighted by Crippen LogP contribution is 1.98. The van der Waals surface area contributed by atoms with Gasteiger partial charge in [-0.15, -0.1) is 0 Å². The Labute approximate surface area is 84.7 Å². The number of carbonyl (C=O) groups excluding carboxylic acids is 1. The fourth-order valence-corrected chi connectivity index (χ4v) is 1.30. The van der Waals surface area contributed by atoms with Gasteiger partial charge in [0.15, 0.2) is 0 Å². The highest BCUT2D eigenvalue weighted by atomic mass is 16.5. The largest absolute Gasteiger partial charge is 0.472 e. The third kappa shape index (κ3) is 3.77. The van der Waals surface area contributed by atoms with Gasteiger partial charge in [-0.25, -0.2) is 4.99 Å². The summed E-state index contributed by atoms with van der Waals surface area (Å²) in [5, 5.41) is 2.79. The molecule has 0 aromatic carbocycles. The summed E-state index contributed by atoms with van der Waals surface area (Å²) in [6, 6.07) is 0. The quantitative estimate of drug-likeness (QED) is 0.650. The van der Waals surface area contributed by atoms with Gasteiger partial charge in [-0.3, -0.25) is 4.79 Å². The van der Waals surface area contributed by atoms with Crippen molar-refractivity contribution in [3.63, 3.8) is 0 Å². The number of rotatable bonds is 6. The molecule has 0 aromatic rings. The van der Waals surface area contributed by atoms with Gasteiger partial charge in [0.25, 0.3) is 5.90 Å². The third-order valence-electron chi connectivity index (χ3n) is 2.10. The molecule has 1 aliphatic heterocycles. The molecule has 0 spiro atoms. The molecule has 0 saturated carbocycles. The molecule has 80 valence electrons. The first-order chi connectivity index (χ1) is 6.84. The molecule has 0 fully saturated rings. The number of nitrogens with one attached hydrogen (secondary N) is 1. The summed E-state index contributed by atoms with van der Waals surface area (Å²) >= 11 is 0.